The fourth-order valence-electron chi connectivity index (χ4n) is 3.29. The maximum absolute atomic E-state index is 12.7. The van der Waals surface area contributed by atoms with E-state index < -0.39 is 10.0 Å². The van der Waals surface area contributed by atoms with Crippen LogP contribution in [0.25, 0.3) is 0 Å². The van der Waals surface area contributed by atoms with Gasteiger partial charge >= 0.3 is 0 Å². The summed E-state index contributed by atoms with van der Waals surface area (Å²) in [4.78, 5) is 11.0. The summed E-state index contributed by atoms with van der Waals surface area (Å²) in [5.74, 6) is 1.61. The number of aromatic nitrogens is 2. The highest BCUT2D eigenvalue weighted by Crippen LogP contribution is 2.26. The van der Waals surface area contributed by atoms with Crippen LogP contribution in [0.4, 0.5) is 5.82 Å². The van der Waals surface area contributed by atoms with E-state index in [1.807, 2.05) is 13.0 Å². The second-order valence-electron chi connectivity index (χ2n) is 6.13. The summed E-state index contributed by atoms with van der Waals surface area (Å²) in [7, 11) is -3.16. The van der Waals surface area contributed by atoms with E-state index in [0.29, 0.717) is 26.1 Å². The molecule has 0 saturated carbocycles. The van der Waals surface area contributed by atoms with Crippen molar-refractivity contribution in [1.82, 2.24) is 14.3 Å². The Morgan fingerprint density at radius 1 is 1.23 bits per heavy atom. The van der Waals surface area contributed by atoms with Crippen molar-refractivity contribution in [2.24, 2.45) is 0 Å². The van der Waals surface area contributed by atoms with E-state index in [1.54, 1.807) is 4.31 Å². The smallest absolute Gasteiger partial charge is 0.218 e. The van der Waals surface area contributed by atoms with Gasteiger partial charge in [-0.2, -0.15) is 0 Å². The quantitative estimate of drug-likeness (QED) is 0.836. The van der Waals surface area contributed by atoms with E-state index in [4.69, 9.17) is 0 Å². The van der Waals surface area contributed by atoms with Crippen molar-refractivity contribution in [1.29, 1.82) is 0 Å². The standard InChI is InChI=1S/C15H24N4O2S/c1-3-13-10-15(17-12(2)16-13)18-9-6-14(11-18)22(20,21)19-7-4-5-8-19/h10,14H,3-9,11H2,1-2H3. The van der Waals surface area contributed by atoms with Crippen LogP contribution in [0.1, 0.15) is 37.7 Å². The molecule has 7 heteroatoms. The molecule has 1 aromatic rings. The Hall–Kier alpha value is -1.21. The Balaban J connectivity index is 1.76. The summed E-state index contributed by atoms with van der Waals surface area (Å²) >= 11 is 0. The molecule has 2 saturated heterocycles. The van der Waals surface area contributed by atoms with Crippen LogP contribution in [0.15, 0.2) is 6.07 Å². The van der Waals surface area contributed by atoms with E-state index in [-0.39, 0.29) is 5.25 Å². The predicted molar refractivity (Wildman–Crippen MR) is 86.5 cm³/mol. The summed E-state index contributed by atoms with van der Waals surface area (Å²) in [6.45, 7) is 6.61. The molecule has 2 fully saturated rings. The second-order valence-corrected chi connectivity index (χ2v) is 8.34. The highest BCUT2D eigenvalue weighted by Gasteiger charge is 2.38. The molecular formula is C15H24N4O2S. The first-order valence-electron chi connectivity index (χ1n) is 8.09. The molecule has 1 atom stereocenters. The highest BCUT2D eigenvalue weighted by molar-refractivity contribution is 7.89. The molecule has 0 aromatic carbocycles. The first-order valence-corrected chi connectivity index (χ1v) is 9.59. The third kappa shape index (κ3) is 2.96. The van der Waals surface area contributed by atoms with E-state index >= 15 is 0 Å². The molecule has 0 spiro atoms. The Labute approximate surface area is 132 Å². The van der Waals surface area contributed by atoms with Crippen molar-refractivity contribution >= 4 is 15.8 Å². The second kappa shape index (κ2) is 6.12. The normalized spacial score (nSPS) is 23.4. The van der Waals surface area contributed by atoms with Crippen molar-refractivity contribution < 1.29 is 8.42 Å². The van der Waals surface area contributed by atoms with Gasteiger partial charge in [0, 0.05) is 37.9 Å². The molecule has 2 aliphatic rings. The number of aryl methyl sites for hydroxylation is 2. The molecule has 2 aliphatic heterocycles. The van der Waals surface area contributed by atoms with Crippen LogP contribution in [0.2, 0.25) is 0 Å². The van der Waals surface area contributed by atoms with Gasteiger partial charge < -0.3 is 4.90 Å². The lowest BCUT2D eigenvalue weighted by molar-refractivity contribution is 0.467. The van der Waals surface area contributed by atoms with Gasteiger partial charge in [0.15, 0.2) is 0 Å². The van der Waals surface area contributed by atoms with E-state index in [9.17, 15) is 8.42 Å². The first kappa shape index (κ1) is 15.7. The van der Waals surface area contributed by atoms with E-state index in [2.05, 4.69) is 21.8 Å². The largest absolute Gasteiger partial charge is 0.355 e. The van der Waals surface area contributed by atoms with Crippen LogP contribution in [0, 0.1) is 6.92 Å². The molecule has 1 aromatic heterocycles. The van der Waals surface area contributed by atoms with Crippen LogP contribution in [0.3, 0.4) is 0 Å². The summed E-state index contributed by atoms with van der Waals surface area (Å²) in [6.07, 6.45) is 3.52. The molecule has 0 aliphatic carbocycles. The minimum Gasteiger partial charge on any atom is -0.355 e. The monoisotopic (exact) mass is 324 g/mol. The lowest BCUT2D eigenvalue weighted by atomic mass is 10.3. The molecule has 0 amide bonds. The average Bonchev–Trinajstić information content (AvgIpc) is 3.18. The van der Waals surface area contributed by atoms with Gasteiger partial charge in [0.1, 0.15) is 11.6 Å². The minimum atomic E-state index is -3.16. The Kier molecular flexibility index (Phi) is 4.36. The molecular weight excluding hydrogens is 300 g/mol. The number of rotatable bonds is 4. The Morgan fingerprint density at radius 2 is 1.95 bits per heavy atom. The molecule has 122 valence electrons. The van der Waals surface area contributed by atoms with Crippen molar-refractivity contribution in [3.63, 3.8) is 0 Å². The van der Waals surface area contributed by atoms with Gasteiger partial charge in [-0.1, -0.05) is 6.92 Å². The molecule has 3 heterocycles. The average molecular weight is 324 g/mol. The van der Waals surface area contributed by atoms with Crippen LogP contribution in [0.5, 0.6) is 0 Å². The van der Waals surface area contributed by atoms with Crippen LogP contribution < -0.4 is 4.90 Å². The summed E-state index contributed by atoms with van der Waals surface area (Å²) in [5, 5.41) is -0.300. The summed E-state index contributed by atoms with van der Waals surface area (Å²) in [5.41, 5.74) is 1.01. The van der Waals surface area contributed by atoms with E-state index in [0.717, 1.165) is 43.1 Å². The van der Waals surface area contributed by atoms with Gasteiger partial charge in [-0.15, -0.1) is 0 Å². The third-order valence-electron chi connectivity index (χ3n) is 4.55. The van der Waals surface area contributed by atoms with Crippen molar-refractivity contribution in [2.75, 3.05) is 31.1 Å². The van der Waals surface area contributed by atoms with Crippen LogP contribution in [-0.4, -0.2) is 54.1 Å². The van der Waals surface area contributed by atoms with Crippen molar-refractivity contribution in [2.45, 2.75) is 44.8 Å². The van der Waals surface area contributed by atoms with Gasteiger partial charge in [0.05, 0.1) is 5.25 Å². The summed E-state index contributed by atoms with van der Waals surface area (Å²) < 4.78 is 27.0. The number of sulfonamides is 1. The lowest BCUT2D eigenvalue weighted by Crippen LogP contribution is -2.38. The number of hydrogen-bond acceptors (Lipinski definition) is 5. The first-order chi connectivity index (χ1) is 10.5. The van der Waals surface area contributed by atoms with Gasteiger partial charge in [0.25, 0.3) is 0 Å². The highest BCUT2D eigenvalue weighted by atomic mass is 32.2. The molecule has 0 N–H and O–H groups in total. The molecule has 6 nitrogen and oxygen atoms in total. The lowest BCUT2D eigenvalue weighted by Gasteiger charge is -2.22. The van der Waals surface area contributed by atoms with Crippen molar-refractivity contribution in [3.8, 4) is 0 Å². The number of hydrogen-bond donors (Lipinski definition) is 0. The fraction of sp³-hybridized carbons (Fsp3) is 0.733. The molecule has 0 radical (unpaired) electrons. The molecule has 3 rings (SSSR count). The van der Waals surface area contributed by atoms with Gasteiger partial charge in [-0.05, 0) is 32.6 Å². The number of anilines is 1. The van der Waals surface area contributed by atoms with Crippen LogP contribution in [-0.2, 0) is 16.4 Å². The maximum atomic E-state index is 12.7. The molecule has 1 unspecified atom stereocenters. The van der Waals surface area contributed by atoms with Gasteiger partial charge in [-0.25, -0.2) is 22.7 Å². The zero-order chi connectivity index (χ0) is 15.7. The zero-order valence-electron chi connectivity index (χ0n) is 13.3. The summed E-state index contributed by atoms with van der Waals surface area (Å²) in [6, 6.07) is 1.98. The van der Waals surface area contributed by atoms with E-state index in [1.165, 1.54) is 0 Å². The third-order valence-corrected chi connectivity index (χ3v) is 6.87. The number of nitrogens with zero attached hydrogens (tertiary/aromatic N) is 4. The minimum absolute atomic E-state index is 0.300. The Bertz CT molecular complexity index is 641. The zero-order valence-corrected chi connectivity index (χ0v) is 14.1. The molecule has 0 bridgehead atoms. The topological polar surface area (TPSA) is 66.4 Å². The molecule has 22 heavy (non-hydrogen) atoms. The van der Waals surface area contributed by atoms with Crippen LogP contribution >= 0.6 is 0 Å². The van der Waals surface area contributed by atoms with Gasteiger partial charge in [0.2, 0.25) is 10.0 Å². The maximum Gasteiger partial charge on any atom is 0.218 e. The van der Waals surface area contributed by atoms with Gasteiger partial charge in [-0.3, -0.25) is 0 Å². The SMILES string of the molecule is CCc1cc(N2CCC(S(=O)(=O)N3CCCC3)C2)nc(C)n1. The predicted octanol–water partition coefficient (Wildman–Crippen LogP) is 1.35. The fourth-order valence-corrected chi connectivity index (χ4v) is 5.25. The van der Waals surface area contributed by atoms with Crippen molar-refractivity contribution in [3.05, 3.63) is 17.6 Å². The Morgan fingerprint density at radius 3 is 2.64 bits per heavy atom.